The number of benzene rings is 1. The highest BCUT2D eigenvalue weighted by Gasteiger charge is 2.15. The summed E-state index contributed by atoms with van der Waals surface area (Å²) in [7, 11) is 0. The molecule has 4 heteroatoms. The predicted molar refractivity (Wildman–Crippen MR) is 94.7 cm³/mol. The van der Waals surface area contributed by atoms with Crippen LogP contribution in [0.4, 0.5) is 0 Å². The summed E-state index contributed by atoms with van der Waals surface area (Å²) in [6, 6.07) is 8.49. The number of carbonyl (C=O) groups is 1. The van der Waals surface area contributed by atoms with E-state index >= 15 is 0 Å². The van der Waals surface area contributed by atoms with Gasteiger partial charge in [0.15, 0.2) is 0 Å². The molecule has 0 unspecified atom stereocenters. The van der Waals surface area contributed by atoms with E-state index in [1.165, 1.54) is 49.5 Å². The minimum Gasteiger partial charge on any atom is -0.507 e. The molecule has 1 aromatic heterocycles. The first-order valence-electron chi connectivity index (χ1n) is 8.26. The SMILES string of the molecule is CCCCCCCCOc1ccc(C(=O)c2cccs2)c(O)c1. The van der Waals surface area contributed by atoms with Crippen LogP contribution in [0.3, 0.4) is 0 Å². The molecule has 2 aromatic rings. The van der Waals surface area contributed by atoms with Crippen molar-refractivity contribution in [2.45, 2.75) is 45.4 Å². The normalized spacial score (nSPS) is 10.7. The van der Waals surface area contributed by atoms with Crippen molar-refractivity contribution in [3.8, 4) is 11.5 Å². The summed E-state index contributed by atoms with van der Waals surface area (Å²) in [5.74, 6) is 0.433. The Morgan fingerprint density at radius 2 is 1.91 bits per heavy atom. The van der Waals surface area contributed by atoms with Gasteiger partial charge in [-0.3, -0.25) is 4.79 Å². The summed E-state index contributed by atoms with van der Waals surface area (Å²) in [5, 5.41) is 11.9. The predicted octanol–water partition coefficient (Wildman–Crippen LogP) is 5.42. The number of carbonyl (C=O) groups excluding carboxylic acids is 1. The third-order valence-electron chi connectivity index (χ3n) is 3.73. The molecule has 0 atom stereocenters. The molecule has 23 heavy (non-hydrogen) atoms. The number of unbranched alkanes of at least 4 members (excludes halogenated alkanes) is 5. The number of aromatic hydroxyl groups is 1. The van der Waals surface area contributed by atoms with Gasteiger partial charge in [0.2, 0.25) is 5.78 Å². The number of ether oxygens (including phenoxy) is 1. The van der Waals surface area contributed by atoms with E-state index in [2.05, 4.69) is 6.92 Å². The largest absolute Gasteiger partial charge is 0.507 e. The molecular weight excluding hydrogens is 308 g/mol. The van der Waals surface area contributed by atoms with Crippen LogP contribution in [0.15, 0.2) is 35.7 Å². The quantitative estimate of drug-likeness (QED) is 0.466. The maximum Gasteiger partial charge on any atom is 0.206 e. The maximum absolute atomic E-state index is 12.2. The minimum atomic E-state index is -0.153. The molecule has 0 amide bonds. The number of hydrogen-bond acceptors (Lipinski definition) is 4. The average Bonchev–Trinajstić information content (AvgIpc) is 3.08. The standard InChI is InChI=1S/C19H24O3S/c1-2-3-4-5-6-7-12-22-15-10-11-16(17(20)14-15)19(21)18-9-8-13-23-18/h8-11,13-14,20H,2-7,12H2,1H3. The fraction of sp³-hybridized carbons (Fsp3) is 0.421. The summed E-state index contributed by atoms with van der Waals surface area (Å²) in [4.78, 5) is 12.9. The van der Waals surface area contributed by atoms with Gasteiger partial charge in [-0.1, -0.05) is 45.1 Å². The highest BCUT2D eigenvalue weighted by Crippen LogP contribution is 2.27. The third-order valence-corrected chi connectivity index (χ3v) is 4.59. The van der Waals surface area contributed by atoms with Gasteiger partial charge in [-0.05, 0) is 30.0 Å². The molecule has 0 saturated heterocycles. The van der Waals surface area contributed by atoms with Crippen molar-refractivity contribution in [3.63, 3.8) is 0 Å². The van der Waals surface area contributed by atoms with Crippen LogP contribution in [0.25, 0.3) is 0 Å². The Morgan fingerprint density at radius 1 is 1.13 bits per heavy atom. The van der Waals surface area contributed by atoms with Crippen LogP contribution >= 0.6 is 11.3 Å². The first kappa shape index (κ1) is 17.5. The van der Waals surface area contributed by atoms with Crippen molar-refractivity contribution < 1.29 is 14.6 Å². The van der Waals surface area contributed by atoms with Crippen molar-refractivity contribution in [2.24, 2.45) is 0 Å². The van der Waals surface area contributed by atoms with Crippen molar-refractivity contribution in [1.82, 2.24) is 0 Å². The zero-order valence-electron chi connectivity index (χ0n) is 13.6. The van der Waals surface area contributed by atoms with Crippen molar-refractivity contribution >= 4 is 17.1 Å². The molecule has 1 heterocycles. The Labute approximate surface area is 141 Å². The molecule has 124 valence electrons. The molecule has 0 aliphatic rings. The van der Waals surface area contributed by atoms with E-state index in [-0.39, 0.29) is 11.5 Å². The van der Waals surface area contributed by atoms with E-state index in [1.54, 1.807) is 18.2 Å². The molecule has 0 fully saturated rings. The van der Waals surface area contributed by atoms with Crippen LogP contribution in [-0.2, 0) is 0 Å². The molecule has 0 radical (unpaired) electrons. The molecule has 1 N–H and O–H groups in total. The maximum atomic E-state index is 12.2. The highest BCUT2D eigenvalue weighted by molar-refractivity contribution is 7.12. The monoisotopic (exact) mass is 332 g/mol. The smallest absolute Gasteiger partial charge is 0.206 e. The number of ketones is 1. The van der Waals surface area contributed by atoms with Gasteiger partial charge in [-0.15, -0.1) is 11.3 Å². The number of phenolic OH excluding ortho intramolecular Hbond substituents is 1. The van der Waals surface area contributed by atoms with E-state index in [9.17, 15) is 9.90 Å². The molecule has 0 aliphatic heterocycles. The summed E-state index contributed by atoms with van der Waals surface area (Å²) < 4.78 is 5.65. The molecule has 0 saturated carbocycles. The Hall–Kier alpha value is -1.81. The molecule has 0 aliphatic carbocycles. The summed E-state index contributed by atoms with van der Waals surface area (Å²) in [6.07, 6.45) is 7.27. The molecule has 3 nitrogen and oxygen atoms in total. The van der Waals surface area contributed by atoms with Crippen LogP contribution < -0.4 is 4.74 Å². The van der Waals surface area contributed by atoms with E-state index in [0.717, 1.165) is 6.42 Å². The van der Waals surface area contributed by atoms with Crippen molar-refractivity contribution in [3.05, 3.63) is 46.2 Å². The van der Waals surface area contributed by atoms with Crippen LogP contribution in [0.2, 0.25) is 0 Å². The van der Waals surface area contributed by atoms with Gasteiger partial charge in [0.05, 0.1) is 17.0 Å². The second kappa shape index (κ2) is 9.36. The number of hydrogen-bond donors (Lipinski definition) is 1. The average molecular weight is 332 g/mol. The molecule has 0 spiro atoms. The Bertz CT molecular complexity index is 605. The highest BCUT2D eigenvalue weighted by atomic mass is 32.1. The van der Waals surface area contributed by atoms with E-state index in [1.807, 2.05) is 11.4 Å². The Morgan fingerprint density at radius 3 is 2.61 bits per heavy atom. The van der Waals surface area contributed by atoms with Gasteiger partial charge in [-0.2, -0.15) is 0 Å². The van der Waals surface area contributed by atoms with Crippen LogP contribution in [0, 0.1) is 0 Å². The third kappa shape index (κ3) is 5.39. The molecular formula is C19H24O3S. The van der Waals surface area contributed by atoms with Crippen LogP contribution in [0.5, 0.6) is 11.5 Å². The summed E-state index contributed by atoms with van der Waals surface area (Å²) >= 11 is 1.37. The first-order valence-corrected chi connectivity index (χ1v) is 9.14. The summed E-state index contributed by atoms with van der Waals surface area (Å²) in [6.45, 7) is 2.85. The Balaban J connectivity index is 1.81. The van der Waals surface area contributed by atoms with Gasteiger partial charge in [0.25, 0.3) is 0 Å². The van der Waals surface area contributed by atoms with Crippen molar-refractivity contribution in [2.75, 3.05) is 6.61 Å². The first-order chi connectivity index (χ1) is 11.2. The van der Waals surface area contributed by atoms with E-state index in [0.29, 0.717) is 22.8 Å². The second-order valence-electron chi connectivity index (χ2n) is 5.60. The zero-order valence-corrected chi connectivity index (χ0v) is 14.4. The van der Waals surface area contributed by atoms with Gasteiger partial charge in [0.1, 0.15) is 11.5 Å². The van der Waals surface area contributed by atoms with E-state index < -0.39 is 0 Å². The van der Waals surface area contributed by atoms with E-state index in [4.69, 9.17) is 4.74 Å². The van der Waals surface area contributed by atoms with Gasteiger partial charge in [0, 0.05) is 6.07 Å². The van der Waals surface area contributed by atoms with Crippen LogP contribution in [0.1, 0.15) is 60.7 Å². The fourth-order valence-corrected chi connectivity index (χ4v) is 3.08. The zero-order chi connectivity index (χ0) is 16.5. The summed E-state index contributed by atoms with van der Waals surface area (Å²) in [5.41, 5.74) is 0.319. The number of rotatable bonds is 10. The van der Waals surface area contributed by atoms with Gasteiger partial charge < -0.3 is 9.84 Å². The van der Waals surface area contributed by atoms with Crippen molar-refractivity contribution in [1.29, 1.82) is 0 Å². The lowest BCUT2D eigenvalue weighted by Crippen LogP contribution is -2.01. The second-order valence-corrected chi connectivity index (χ2v) is 6.55. The molecule has 2 rings (SSSR count). The lowest BCUT2D eigenvalue weighted by molar-refractivity contribution is 0.104. The molecule has 0 bridgehead atoms. The lowest BCUT2D eigenvalue weighted by Gasteiger charge is -2.08. The van der Waals surface area contributed by atoms with Gasteiger partial charge in [-0.25, -0.2) is 0 Å². The number of phenols is 1. The fourth-order valence-electron chi connectivity index (χ4n) is 2.41. The number of thiophene rings is 1. The van der Waals surface area contributed by atoms with Crippen LogP contribution in [-0.4, -0.2) is 17.5 Å². The van der Waals surface area contributed by atoms with Gasteiger partial charge >= 0.3 is 0 Å². The minimum absolute atomic E-state index is 0.0242. The molecule has 1 aromatic carbocycles. The topological polar surface area (TPSA) is 46.5 Å². The Kier molecular flexibility index (Phi) is 7.14. The lowest BCUT2D eigenvalue weighted by atomic mass is 10.1.